The summed E-state index contributed by atoms with van der Waals surface area (Å²) in [7, 11) is 4.82. The van der Waals surface area contributed by atoms with Gasteiger partial charge in [-0.3, -0.25) is 4.79 Å². The molecule has 0 aliphatic carbocycles. The molecule has 0 fully saturated rings. The third-order valence-electron chi connectivity index (χ3n) is 6.71. The lowest BCUT2D eigenvalue weighted by Gasteiger charge is -2.28. The Hall–Kier alpha value is -3.93. The predicted molar refractivity (Wildman–Crippen MR) is 141 cm³/mol. The number of rotatable bonds is 9. The first-order valence-electron chi connectivity index (χ1n) is 12.1. The van der Waals surface area contributed by atoms with Gasteiger partial charge in [0.15, 0.2) is 17.3 Å². The van der Waals surface area contributed by atoms with Crippen molar-refractivity contribution in [2.45, 2.75) is 32.2 Å². The van der Waals surface area contributed by atoms with E-state index in [2.05, 4.69) is 38.1 Å². The standard InChI is InChI=1S/C30H33NO5/c1-19(2)21-7-9-23(10-8-21)28-27(22-11-13-24(34-3)14-12-22)29(32)30(33)31(28)17-16-20-6-15-25(35-4)26(18-20)36-5/h6-15,18-19,28,32H,16-17H2,1-5H3/t28-/m0/s1. The molecule has 1 atom stereocenters. The normalized spacial score (nSPS) is 15.6. The summed E-state index contributed by atoms with van der Waals surface area (Å²) in [6.45, 7) is 4.73. The van der Waals surface area contributed by atoms with E-state index in [4.69, 9.17) is 14.2 Å². The Kier molecular flexibility index (Phi) is 7.53. The predicted octanol–water partition coefficient (Wildman–Crippen LogP) is 5.93. The van der Waals surface area contributed by atoms with Crippen LogP contribution in [0, 0.1) is 0 Å². The van der Waals surface area contributed by atoms with Gasteiger partial charge < -0.3 is 24.2 Å². The summed E-state index contributed by atoms with van der Waals surface area (Å²) in [5.74, 6) is 1.82. The number of hydrogen-bond donors (Lipinski definition) is 1. The van der Waals surface area contributed by atoms with E-state index >= 15 is 0 Å². The maximum Gasteiger partial charge on any atom is 0.289 e. The lowest BCUT2D eigenvalue weighted by molar-refractivity contribution is -0.129. The van der Waals surface area contributed by atoms with Crippen LogP contribution in [0.25, 0.3) is 5.57 Å². The first kappa shape index (κ1) is 25.2. The zero-order chi connectivity index (χ0) is 25.8. The Morgan fingerprint density at radius 2 is 1.53 bits per heavy atom. The molecular formula is C30H33NO5. The number of aliphatic hydroxyl groups is 1. The van der Waals surface area contributed by atoms with Crippen LogP contribution in [0.2, 0.25) is 0 Å². The quantitative estimate of drug-likeness (QED) is 0.405. The van der Waals surface area contributed by atoms with Gasteiger partial charge in [0, 0.05) is 12.1 Å². The largest absolute Gasteiger partial charge is 0.503 e. The van der Waals surface area contributed by atoms with Crippen molar-refractivity contribution in [3.8, 4) is 17.2 Å². The van der Waals surface area contributed by atoms with Gasteiger partial charge in [-0.25, -0.2) is 0 Å². The average molecular weight is 488 g/mol. The van der Waals surface area contributed by atoms with Crippen LogP contribution < -0.4 is 14.2 Å². The highest BCUT2D eigenvalue weighted by atomic mass is 16.5. The third-order valence-corrected chi connectivity index (χ3v) is 6.71. The molecular weight excluding hydrogens is 454 g/mol. The van der Waals surface area contributed by atoms with E-state index < -0.39 is 6.04 Å². The Balaban J connectivity index is 1.70. The minimum absolute atomic E-state index is 0.217. The van der Waals surface area contributed by atoms with E-state index in [0.29, 0.717) is 41.7 Å². The number of methoxy groups -OCH3 is 3. The van der Waals surface area contributed by atoms with Crippen molar-refractivity contribution in [1.29, 1.82) is 0 Å². The number of ether oxygens (including phenoxy) is 3. The van der Waals surface area contributed by atoms with Crippen LogP contribution in [-0.4, -0.2) is 43.8 Å². The Bertz CT molecular complexity index is 1250. The molecule has 1 N–H and O–H groups in total. The average Bonchev–Trinajstić information content (AvgIpc) is 3.16. The summed E-state index contributed by atoms with van der Waals surface area (Å²) in [6.07, 6.45) is 0.593. The molecule has 4 rings (SSSR count). The fraction of sp³-hybridized carbons (Fsp3) is 0.300. The molecule has 0 saturated heterocycles. The molecule has 36 heavy (non-hydrogen) atoms. The molecule has 1 heterocycles. The van der Waals surface area contributed by atoms with Gasteiger partial charge in [0.1, 0.15) is 5.75 Å². The summed E-state index contributed by atoms with van der Waals surface area (Å²) in [4.78, 5) is 15.1. The van der Waals surface area contributed by atoms with E-state index in [0.717, 1.165) is 16.7 Å². The molecule has 0 unspecified atom stereocenters. The van der Waals surface area contributed by atoms with E-state index in [-0.39, 0.29) is 11.7 Å². The van der Waals surface area contributed by atoms with Gasteiger partial charge in [-0.05, 0) is 58.9 Å². The van der Waals surface area contributed by atoms with E-state index in [9.17, 15) is 9.90 Å². The van der Waals surface area contributed by atoms with Crippen LogP contribution in [0.4, 0.5) is 0 Å². The van der Waals surface area contributed by atoms with Gasteiger partial charge in [-0.15, -0.1) is 0 Å². The molecule has 188 valence electrons. The molecule has 6 heteroatoms. The zero-order valence-corrected chi connectivity index (χ0v) is 21.4. The monoisotopic (exact) mass is 487 g/mol. The van der Waals surface area contributed by atoms with Crippen molar-refractivity contribution in [3.63, 3.8) is 0 Å². The Morgan fingerprint density at radius 3 is 2.11 bits per heavy atom. The van der Waals surface area contributed by atoms with Crippen molar-refractivity contribution in [2.24, 2.45) is 0 Å². The van der Waals surface area contributed by atoms with Gasteiger partial charge in [0.25, 0.3) is 5.91 Å². The van der Waals surface area contributed by atoms with Crippen LogP contribution in [0.1, 0.15) is 48.1 Å². The summed E-state index contributed by atoms with van der Waals surface area (Å²) in [5.41, 5.74) is 4.57. The zero-order valence-electron chi connectivity index (χ0n) is 21.4. The minimum atomic E-state index is -0.410. The van der Waals surface area contributed by atoms with Crippen molar-refractivity contribution in [2.75, 3.05) is 27.9 Å². The number of hydrogen-bond acceptors (Lipinski definition) is 5. The van der Waals surface area contributed by atoms with Crippen molar-refractivity contribution >= 4 is 11.5 Å². The molecule has 3 aromatic rings. The molecule has 0 radical (unpaired) electrons. The number of amides is 1. The molecule has 1 aliphatic rings. The van der Waals surface area contributed by atoms with Crippen LogP contribution in [-0.2, 0) is 11.2 Å². The molecule has 0 spiro atoms. The van der Waals surface area contributed by atoms with Crippen LogP contribution in [0.3, 0.4) is 0 Å². The fourth-order valence-electron chi connectivity index (χ4n) is 4.65. The summed E-state index contributed by atoms with van der Waals surface area (Å²) in [5, 5.41) is 11.1. The molecule has 3 aromatic carbocycles. The number of aliphatic hydroxyl groups excluding tert-OH is 1. The van der Waals surface area contributed by atoms with Gasteiger partial charge in [0.05, 0.1) is 27.4 Å². The second-order valence-electron chi connectivity index (χ2n) is 9.15. The lowest BCUT2D eigenvalue weighted by Crippen LogP contribution is -2.32. The summed E-state index contributed by atoms with van der Waals surface area (Å²) < 4.78 is 16.1. The van der Waals surface area contributed by atoms with Gasteiger partial charge in [-0.1, -0.05) is 56.3 Å². The Labute approximate surface area is 212 Å². The number of carbonyl (C=O) groups excluding carboxylic acids is 1. The Morgan fingerprint density at radius 1 is 0.861 bits per heavy atom. The molecule has 0 bridgehead atoms. The fourth-order valence-corrected chi connectivity index (χ4v) is 4.65. The number of carbonyl (C=O) groups is 1. The SMILES string of the molecule is COc1ccc(C2=C(O)C(=O)N(CCc3ccc(OC)c(OC)c3)[C@H]2c2ccc(C(C)C)cc2)cc1. The van der Waals surface area contributed by atoms with Gasteiger partial charge in [-0.2, -0.15) is 0 Å². The minimum Gasteiger partial charge on any atom is -0.503 e. The smallest absolute Gasteiger partial charge is 0.289 e. The molecule has 1 amide bonds. The highest BCUT2D eigenvalue weighted by Gasteiger charge is 2.40. The second-order valence-corrected chi connectivity index (χ2v) is 9.15. The number of benzene rings is 3. The van der Waals surface area contributed by atoms with Gasteiger partial charge in [0.2, 0.25) is 0 Å². The van der Waals surface area contributed by atoms with Gasteiger partial charge >= 0.3 is 0 Å². The van der Waals surface area contributed by atoms with E-state index in [1.165, 1.54) is 5.56 Å². The number of nitrogens with zero attached hydrogens (tertiary/aromatic N) is 1. The summed E-state index contributed by atoms with van der Waals surface area (Å²) in [6, 6.07) is 21.1. The third kappa shape index (κ3) is 4.89. The first-order chi connectivity index (χ1) is 17.4. The lowest BCUT2D eigenvalue weighted by atomic mass is 9.91. The molecule has 0 aromatic heterocycles. The second kappa shape index (κ2) is 10.8. The van der Waals surface area contributed by atoms with Crippen molar-refractivity contribution in [3.05, 3.63) is 94.7 Å². The van der Waals surface area contributed by atoms with Crippen molar-refractivity contribution < 1.29 is 24.1 Å². The summed E-state index contributed by atoms with van der Waals surface area (Å²) >= 11 is 0. The first-order valence-corrected chi connectivity index (χ1v) is 12.1. The molecule has 0 saturated carbocycles. The maximum absolute atomic E-state index is 13.4. The van der Waals surface area contributed by atoms with Crippen LogP contribution >= 0.6 is 0 Å². The van der Waals surface area contributed by atoms with Crippen LogP contribution in [0.5, 0.6) is 17.2 Å². The van der Waals surface area contributed by atoms with Crippen molar-refractivity contribution in [1.82, 2.24) is 4.90 Å². The highest BCUT2D eigenvalue weighted by molar-refractivity contribution is 6.05. The van der Waals surface area contributed by atoms with E-state index in [1.54, 1.807) is 26.2 Å². The highest BCUT2D eigenvalue weighted by Crippen LogP contribution is 2.43. The van der Waals surface area contributed by atoms with Crippen LogP contribution in [0.15, 0.2) is 72.5 Å². The topological polar surface area (TPSA) is 68.2 Å². The molecule has 1 aliphatic heterocycles. The molecule has 6 nitrogen and oxygen atoms in total. The maximum atomic E-state index is 13.4. The van der Waals surface area contributed by atoms with E-state index in [1.807, 2.05) is 42.5 Å².